The van der Waals surface area contributed by atoms with E-state index >= 15 is 0 Å². The first-order chi connectivity index (χ1) is 17.1. The topological polar surface area (TPSA) is 34.9 Å². The van der Waals surface area contributed by atoms with Gasteiger partial charge in [0.05, 0.1) is 16.3 Å². The van der Waals surface area contributed by atoms with Crippen molar-refractivity contribution in [3.8, 4) is 16.9 Å². The molecule has 0 saturated carbocycles. The molecule has 36 heavy (non-hydrogen) atoms. The molecule has 2 aromatic heterocycles. The second-order valence-corrected chi connectivity index (χ2v) is 11.2. The van der Waals surface area contributed by atoms with Crippen LogP contribution in [0.2, 0.25) is 5.02 Å². The standard InChI is InChI=1S/C27H19BrClF3N2OS/c1-15-10-24-21(25(35)11-15)13-23(16-2-4-18(28)5-3-16)34(24)19-6-8-20(9-7-19)36-26-22(29)12-17(14-33-26)27(30,31)32/h2-9,12-15H,10-11H2,1H3. The zero-order chi connectivity index (χ0) is 25.6. The molecule has 5 rings (SSSR count). The number of Topliss-reactive ketones (excluding diaryl/α,β-unsaturated/α-hetero) is 1. The van der Waals surface area contributed by atoms with Crippen molar-refractivity contribution in [1.29, 1.82) is 0 Å². The largest absolute Gasteiger partial charge is 0.417 e. The molecule has 1 atom stereocenters. The molecule has 9 heteroatoms. The highest BCUT2D eigenvalue weighted by atomic mass is 79.9. The minimum Gasteiger partial charge on any atom is -0.313 e. The number of alkyl halides is 3. The van der Waals surface area contributed by atoms with Gasteiger partial charge in [-0.25, -0.2) is 4.98 Å². The summed E-state index contributed by atoms with van der Waals surface area (Å²) < 4.78 is 41.9. The third-order valence-corrected chi connectivity index (χ3v) is 8.02. The van der Waals surface area contributed by atoms with Crippen molar-refractivity contribution in [2.75, 3.05) is 0 Å². The van der Waals surface area contributed by atoms with Gasteiger partial charge >= 0.3 is 6.18 Å². The van der Waals surface area contributed by atoms with Crippen LogP contribution in [0.15, 0.2) is 81.3 Å². The Hall–Kier alpha value is -2.55. The van der Waals surface area contributed by atoms with E-state index in [0.29, 0.717) is 11.4 Å². The number of ketones is 1. The molecular weight excluding hydrogens is 573 g/mol. The van der Waals surface area contributed by atoms with Crippen LogP contribution in [-0.4, -0.2) is 15.3 Å². The Kier molecular flexibility index (Phi) is 6.78. The van der Waals surface area contributed by atoms with Crippen molar-refractivity contribution in [3.63, 3.8) is 0 Å². The summed E-state index contributed by atoms with van der Waals surface area (Å²) >= 11 is 10.7. The molecule has 1 aliphatic rings. The molecule has 0 radical (unpaired) electrons. The maximum atomic E-state index is 12.9. The second-order valence-electron chi connectivity index (χ2n) is 8.77. The van der Waals surface area contributed by atoms with Gasteiger partial charge in [0.25, 0.3) is 0 Å². The summed E-state index contributed by atoms with van der Waals surface area (Å²) in [5, 5.41) is 0.245. The van der Waals surface area contributed by atoms with Gasteiger partial charge in [0.2, 0.25) is 0 Å². The number of nitrogens with zero attached hydrogens (tertiary/aromatic N) is 2. The first-order valence-corrected chi connectivity index (χ1v) is 13.1. The lowest BCUT2D eigenvalue weighted by Gasteiger charge is -2.21. The number of halogens is 5. The third-order valence-electron chi connectivity index (χ3n) is 6.06. The van der Waals surface area contributed by atoms with Gasteiger partial charge in [0.1, 0.15) is 5.03 Å². The van der Waals surface area contributed by atoms with Gasteiger partial charge in [-0.2, -0.15) is 13.2 Å². The number of fused-ring (bicyclic) bond motifs is 1. The Balaban J connectivity index is 1.51. The van der Waals surface area contributed by atoms with E-state index < -0.39 is 11.7 Å². The smallest absolute Gasteiger partial charge is 0.313 e. The van der Waals surface area contributed by atoms with Crippen molar-refractivity contribution in [2.24, 2.45) is 5.92 Å². The molecule has 184 valence electrons. The zero-order valence-electron chi connectivity index (χ0n) is 18.9. The Bertz CT molecular complexity index is 1450. The van der Waals surface area contributed by atoms with Crippen LogP contribution in [0.4, 0.5) is 13.2 Å². The molecule has 0 bridgehead atoms. The minimum absolute atomic E-state index is 0.0524. The van der Waals surface area contributed by atoms with E-state index in [2.05, 4.69) is 32.4 Å². The monoisotopic (exact) mass is 590 g/mol. The fraction of sp³-hybridized carbons (Fsp3) is 0.185. The van der Waals surface area contributed by atoms with Crippen LogP contribution in [0.3, 0.4) is 0 Å². The van der Waals surface area contributed by atoms with E-state index in [1.807, 2.05) is 54.6 Å². The van der Waals surface area contributed by atoms with Gasteiger partial charge in [-0.1, -0.05) is 58.3 Å². The van der Waals surface area contributed by atoms with Crippen LogP contribution in [0.25, 0.3) is 16.9 Å². The molecule has 4 aromatic rings. The predicted molar refractivity (Wildman–Crippen MR) is 139 cm³/mol. The van der Waals surface area contributed by atoms with E-state index in [-0.39, 0.29) is 16.7 Å². The molecule has 0 fully saturated rings. The second kappa shape index (κ2) is 9.72. The Morgan fingerprint density at radius 3 is 2.39 bits per heavy atom. The molecular formula is C27H19BrClF3N2OS. The highest BCUT2D eigenvalue weighted by Crippen LogP contribution is 2.38. The normalized spacial score (nSPS) is 15.7. The fourth-order valence-electron chi connectivity index (χ4n) is 4.38. The SMILES string of the molecule is CC1CC(=O)c2cc(-c3ccc(Br)cc3)n(-c3ccc(Sc4ncc(C(F)(F)F)cc4Cl)cc3)c2C1. The average molecular weight is 592 g/mol. The van der Waals surface area contributed by atoms with Crippen LogP contribution >= 0.6 is 39.3 Å². The summed E-state index contributed by atoms with van der Waals surface area (Å²) in [6, 6.07) is 18.5. The molecule has 0 spiro atoms. The van der Waals surface area contributed by atoms with E-state index in [4.69, 9.17) is 11.6 Å². The first kappa shape index (κ1) is 25.1. The van der Waals surface area contributed by atoms with E-state index in [1.54, 1.807) is 0 Å². The summed E-state index contributed by atoms with van der Waals surface area (Å²) in [6.45, 7) is 2.08. The number of hydrogen-bond acceptors (Lipinski definition) is 3. The first-order valence-electron chi connectivity index (χ1n) is 11.1. The molecule has 2 heterocycles. The van der Waals surface area contributed by atoms with Crippen LogP contribution in [-0.2, 0) is 12.6 Å². The quantitative estimate of drug-likeness (QED) is 0.238. The Morgan fingerprint density at radius 2 is 1.75 bits per heavy atom. The molecule has 2 aromatic carbocycles. The van der Waals surface area contributed by atoms with Crippen LogP contribution < -0.4 is 0 Å². The van der Waals surface area contributed by atoms with Crippen LogP contribution in [0.5, 0.6) is 0 Å². The maximum absolute atomic E-state index is 12.9. The van der Waals surface area contributed by atoms with E-state index in [1.165, 1.54) is 11.8 Å². The van der Waals surface area contributed by atoms with Gasteiger partial charge in [0.15, 0.2) is 5.78 Å². The van der Waals surface area contributed by atoms with Gasteiger partial charge in [0, 0.05) is 38.9 Å². The molecule has 0 N–H and O–H groups in total. The summed E-state index contributed by atoms with van der Waals surface area (Å²) in [4.78, 5) is 17.5. The van der Waals surface area contributed by atoms with Crippen molar-refractivity contribution < 1.29 is 18.0 Å². The van der Waals surface area contributed by atoms with Crippen LogP contribution in [0.1, 0.15) is 35.0 Å². The molecule has 0 amide bonds. The number of carbonyl (C=O) groups excluding carboxylic acids is 1. The van der Waals surface area contributed by atoms with Gasteiger partial charge in [-0.05, 0) is 66.4 Å². The summed E-state index contributed by atoms with van der Waals surface area (Å²) in [5.74, 6) is 0.398. The van der Waals surface area contributed by atoms with Crippen LogP contribution in [0, 0.1) is 5.92 Å². The highest BCUT2D eigenvalue weighted by Gasteiger charge is 2.32. The number of aromatic nitrogens is 2. The summed E-state index contributed by atoms with van der Waals surface area (Å²) in [7, 11) is 0. The fourth-order valence-corrected chi connectivity index (χ4v) is 5.68. The number of rotatable bonds is 4. The Labute approximate surface area is 223 Å². The van der Waals surface area contributed by atoms with Gasteiger partial charge in [-0.3, -0.25) is 4.79 Å². The van der Waals surface area contributed by atoms with E-state index in [0.717, 1.165) is 56.3 Å². The summed E-state index contributed by atoms with van der Waals surface area (Å²) in [5.41, 5.74) is 3.69. The number of hydrogen-bond donors (Lipinski definition) is 0. The Morgan fingerprint density at radius 1 is 1.06 bits per heavy atom. The van der Waals surface area contributed by atoms with Crippen molar-refractivity contribution in [2.45, 2.75) is 35.9 Å². The molecule has 3 nitrogen and oxygen atoms in total. The molecule has 1 aliphatic carbocycles. The van der Waals surface area contributed by atoms with Crippen molar-refractivity contribution in [1.82, 2.24) is 9.55 Å². The average Bonchev–Trinajstić information content (AvgIpc) is 3.20. The molecule has 1 unspecified atom stereocenters. The predicted octanol–water partition coefficient (Wildman–Crippen LogP) is 8.89. The lowest BCUT2D eigenvalue weighted by Crippen LogP contribution is -2.19. The zero-order valence-corrected chi connectivity index (χ0v) is 22.1. The molecule has 0 saturated heterocycles. The number of benzene rings is 2. The number of pyridine rings is 1. The third kappa shape index (κ3) is 4.99. The van der Waals surface area contributed by atoms with Crippen molar-refractivity contribution >= 4 is 45.1 Å². The lowest BCUT2D eigenvalue weighted by atomic mass is 9.88. The summed E-state index contributed by atoms with van der Waals surface area (Å²) in [6.07, 6.45) is -2.38. The van der Waals surface area contributed by atoms with Crippen molar-refractivity contribution in [3.05, 3.63) is 93.2 Å². The van der Waals surface area contributed by atoms with Gasteiger partial charge < -0.3 is 4.57 Å². The lowest BCUT2D eigenvalue weighted by molar-refractivity contribution is -0.137. The number of carbonyl (C=O) groups is 1. The maximum Gasteiger partial charge on any atom is 0.417 e. The highest BCUT2D eigenvalue weighted by molar-refractivity contribution is 9.10. The van der Waals surface area contributed by atoms with Gasteiger partial charge in [-0.15, -0.1) is 0 Å². The molecule has 0 aliphatic heterocycles. The minimum atomic E-state index is -4.50. The van der Waals surface area contributed by atoms with E-state index in [9.17, 15) is 18.0 Å².